The van der Waals surface area contributed by atoms with Crippen molar-refractivity contribution in [2.75, 3.05) is 35.5 Å². The normalized spacial score (nSPS) is 14.3. The van der Waals surface area contributed by atoms with Crippen LogP contribution in [0.5, 0.6) is 5.75 Å². The van der Waals surface area contributed by atoms with E-state index in [1.807, 2.05) is 30.3 Å². The van der Waals surface area contributed by atoms with Crippen LogP contribution in [0, 0.1) is 0 Å². The lowest BCUT2D eigenvalue weighted by molar-refractivity contribution is -0.114. The first-order chi connectivity index (χ1) is 17.6. The third-order valence-corrected chi connectivity index (χ3v) is 8.95. The molecule has 3 aromatic rings. The third kappa shape index (κ3) is 6.88. The van der Waals surface area contributed by atoms with Crippen LogP contribution in [0.1, 0.15) is 18.4 Å². The van der Waals surface area contributed by atoms with Crippen molar-refractivity contribution in [2.24, 2.45) is 0 Å². The zero-order chi connectivity index (χ0) is 26.5. The molecule has 11 heteroatoms. The molecule has 1 aliphatic heterocycles. The van der Waals surface area contributed by atoms with Crippen molar-refractivity contribution in [2.45, 2.75) is 24.3 Å². The fourth-order valence-corrected chi connectivity index (χ4v) is 6.34. The van der Waals surface area contributed by atoms with Gasteiger partial charge < -0.3 is 10.1 Å². The van der Waals surface area contributed by atoms with Crippen LogP contribution in [0.15, 0.2) is 83.8 Å². The minimum atomic E-state index is -3.76. The molecule has 37 heavy (non-hydrogen) atoms. The number of hydrogen-bond donors (Lipinski definition) is 1. The van der Waals surface area contributed by atoms with Gasteiger partial charge in [0, 0.05) is 18.8 Å². The van der Waals surface area contributed by atoms with Crippen LogP contribution in [0.3, 0.4) is 0 Å². The van der Waals surface area contributed by atoms with Crippen LogP contribution in [0.2, 0.25) is 0 Å². The minimum absolute atomic E-state index is 0.153. The minimum Gasteiger partial charge on any atom is -0.489 e. The number of benzene rings is 3. The molecule has 0 aromatic heterocycles. The molecule has 0 spiro atoms. The van der Waals surface area contributed by atoms with Crippen LogP contribution in [-0.4, -0.2) is 52.9 Å². The number of nitrogens with one attached hydrogen (secondary N) is 1. The summed E-state index contributed by atoms with van der Waals surface area (Å²) in [5.74, 6) is -0.000503. The summed E-state index contributed by atoms with van der Waals surface area (Å²) in [5.41, 5.74) is 1.68. The van der Waals surface area contributed by atoms with Crippen LogP contribution in [-0.2, 0) is 31.4 Å². The molecule has 0 saturated carbocycles. The molecule has 1 fully saturated rings. The highest BCUT2D eigenvalue weighted by atomic mass is 32.2. The van der Waals surface area contributed by atoms with Gasteiger partial charge >= 0.3 is 0 Å². The predicted molar refractivity (Wildman–Crippen MR) is 142 cm³/mol. The van der Waals surface area contributed by atoms with Gasteiger partial charge in [0.05, 0.1) is 16.8 Å². The summed E-state index contributed by atoms with van der Waals surface area (Å²) < 4.78 is 58.4. The number of carbonyl (C=O) groups excluding carboxylic acids is 1. The molecule has 1 heterocycles. The highest BCUT2D eigenvalue weighted by Gasteiger charge is 2.27. The van der Waals surface area contributed by atoms with Crippen LogP contribution >= 0.6 is 0 Å². The summed E-state index contributed by atoms with van der Waals surface area (Å²) >= 11 is 0. The molecular weight excluding hydrogens is 514 g/mol. The predicted octanol–water partition coefficient (Wildman–Crippen LogP) is 3.45. The summed E-state index contributed by atoms with van der Waals surface area (Å²) in [4.78, 5) is 12.8. The molecule has 0 radical (unpaired) electrons. The van der Waals surface area contributed by atoms with Crippen molar-refractivity contribution in [3.8, 4) is 5.75 Å². The maximum absolute atomic E-state index is 12.7. The van der Waals surface area contributed by atoms with Crippen molar-refractivity contribution >= 4 is 37.3 Å². The number of amides is 1. The Labute approximate surface area is 217 Å². The second-order valence-electron chi connectivity index (χ2n) is 8.72. The molecule has 1 saturated heterocycles. The van der Waals surface area contributed by atoms with E-state index < -0.39 is 32.5 Å². The second-order valence-corrected chi connectivity index (χ2v) is 12.6. The van der Waals surface area contributed by atoms with Crippen LogP contribution < -0.4 is 14.4 Å². The highest BCUT2D eigenvalue weighted by Crippen LogP contribution is 2.24. The lowest BCUT2D eigenvalue weighted by Gasteiger charge is -2.22. The first-order valence-corrected chi connectivity index (χ1v) is 15.1. The highest BCUT2D eigenvalue weighted by molar-refractivity contribution is 7.92. The molecule has 0 bridgehead atoms. The van der Waals surface area contributed by atoms with Gasteiger partial charge in [-0.15, -0.1) is 0 Å². The van der Waals surface area contributed by atoms with Gasteiger partial charge in [0.1, 0.15) is 18.9 Å². The summed E-state index contributed by atoms with van der Waals surface area (Å²) in [6.07, 6.45) is 2.71. The fraction of sp³-hybridized carbons (Fsp3) is 0.269. The van der Waals surface area contributed by atoms with E-state index in [2.05, 4.69) is 5.32 Å². The molecule has 1 amide bonds. The van der Waals surface area contributed by atoms with Crippen molar-refractivity contribution in [1.29, 1.82) is 0 Å². The first kappa shape index (κ1) is 26.6. The van der Waals surface area contributed by atoms with Crippen molar-refractivity contribution in [3.63, 3.8) is 0 Å². The molecule has 1 aliphatic rings. The molecular formula is C26H29N3O6S2. The Morgan fingerprint density at radius 1 is 0.892 bits per heavy atom. The lowest BCUT2D eigenvalue weighted by Crippen LogP contribution is -2.37. The Morgan fingerprint density at radius 2 is 1.51 bits per heavy atom. The molecule has 0 aliphatic carbocycles. The summed E-state index contributed by atoms with van der Waals surface area (Å²) in [6, 6.07) is 21.9. The SMILES string of the molecule is CS(=O)(=O)N(CC(=O)Nc1ccc(S(=O)(=O)N2CCCC2)cc1)c1ccc(OCc2ccccc2)cc1. The Hall–Kier alpha value is -3.41. The number of sulfonamides is 2. The monoisotopic (exact) mass is 543 g/mol. The van der Waals surface area contributed by atoms with Crippen LogP contribution in [0.25, 0.3) is 0 Å². The van der Waals surface area contributed by atoms with Crippen LogP contribution in [0.4, 0.5) is 11.4 Å². The number of ether oxygens (including phenoxy) is 1. The van der Waals surface area contributed by atoms with E-state index in [1.54, 1.807) is 24.3 Å². The molecule has 1 N–H and O–H groups in total. The topological polar surface area (TPSA) is 113 Å². The van der Waals surface area contributed by atoms with Gasteiger partial charge in [-0.05, 0) is 66.9 Å². The number of hydrogen-bond acceptors (Lipinski definition) is 6. The van der Waals surface area contributed by atoms with E-state index >= 15 is 0 Å². The molecule has 0 unspecified atom stereocenters. The number of nitrogens with zero attached hydrogens (tertiary/aromatic N) is 2. The molecule has 9 nitrogen and oxygen atoms in total. The van der Waals surface area contributed by atoms with Gasteiger partial charge in [-0.3, -0.25) is 9.10 Å². The van der Waals surface area contributed by atoms with Gasteiger partial charge in [-0.1, -0.05) is 30.3 Å². The fourth-order valence-electron chi connectivity index (χ4n) is 3.97. The van der Waals surface area contributed by atoms with Gasteiger partial charge in [0.15, 0.2) is 0 Å². The smallest absolute Gasteiger partial charge is 0.245 e. The molecule has 3 aromatic carbocycles. The van der Waals surface area contributed by atoms with Gasteiger partial charge in [0.2, 0.25) is 26.0 Å². The van der Waals surface area contributed by atoms with Gasteiger partial charge in [-0.2, -0.15) is 4.31 Å². The van der Waals surface area contributed by atoms with Gasteiger partial charge in [0.25, 0.3) is 0 Å². The van der Waals surface area contributed by atoms with E-state index in [0.29, 0.717) is 36.8 Å². The van der Waals surface area contributed by atoms with Gasteiger partial charge in [-0.25, -0.2) is 16.8 Å². The average molecular weight is 544 g/mol. The summed E-state index contributed by atoms with van der Waals surface area (Å²) in [6.45, 7) is 0.929. The van der Waals surface area contributed by atoms with E-state index in [0.717, 1.165) is 29.0 Å². The Kier molecular flexibility index (Phi) is 8.16. The van der Waals surface area contributed by atoms with E-state index in [9.17, 15) is 21.6 Å². The first-order valence-electron chi connectivity index (χ1n) is 11.8. The Bertz CT molecular complexity index is 1420. The van der Waals surface area contributed by atoms with Crippen molar-refractivity contribution < 1.29 is 26.4 Å². The number of anilines is 2. The van der Waals surface area contributed by atoms with E-state index in [1.165, 1.54) is 28.6 Å². The number of carbonyl (C=O) groups is 1. The standard InChI is InChI=1S/C26H29N3O6S2/c1-36(31,32)29(23-11-13-24(14-12-23)35-20-21-7-3-2-4-8-21)19-26(30)27-22-9-15-25(16-10-22)37(33,34)28-17-5-6-18-28/h2-4,7-16H,5-6,17-20H2,1H3,(H,27,30). The third-order valence-electron chi connectivity index (χ3n) is 5.90. The van der Waals surface area contributed by atoms with Crippen molar-refractivity contribution in [3.05, 3.63) is 84.4 Å². The lowest BCUT2D eigenvalue weighted by atomic mass is 10.2. The summed E-state index contributed by atoms with van der Waals surface area (Å²) in [7, 11) is -7.32. The van der Waals surface area contributed by atoms with E-state index in [-0.39, 0.29) is 4.90 Å². The average Bonchev–Trinajstić information content (AvgIpc) is 3.43. The summed E-state index contributed by atoms with van der Waals surface area (Å²) in [5, 5.41) is 2.63. The Morgan fingerprint density at radius 3 is 2.11 bits per heavy atom. The number of rotatable bonds is 10. The zero-order valence-electron chi connectivity index (χ0n) is 20.4. The zero-order valence-corrected chi connectivity index (χ0v) is 22.0. The largest absolute Gasteiger partial charge is 0.489 e. The van der Waals surface area contributed by atoms with E-state index in [4.69, 9.17) is 4.74 Å². The molecule has 4 rings (SSSR count). The maximum Gasteiger partial charge on any atom is 0.245 e. The molecule has 0 atom stereocenters. The molecule has 196 valence electrons. The quantitative estimate of drug-likeness (QED) is 0.419. The maximum atomic E-state index is 12.7. The Balaban J connectivity index is 1.39. The second kappa shape index (κ2) is 11.3. The van der Waals surface area contributed by atoms with Crippen molar-refractivity contribution in [1.82, 2.24) is 4.31 Å².